The van der Waals surface area contributed by atoms with Crippen LogP contribution in [0.3, 0.4) is 0 Å². The Morgan fingerprint density at radius 1 is 1.46 bits per heavy atom. The van der Waals surface area contributed by atoms with Gasteiger partial charge < -0.3 is 0 Å². The molecule has 0 saturated carbocycles. The Hall–Kier alpha value is -1.64. The van der Waals surface area contributed by atoms with Gasteiger partial charge in [-0.15, -0.1) is 0 Å². The first-order valence-corrected chi connectivity index (χ1v) is 4.14. The van der Waals surface area contributed by atoms with Crippen LogP contribution in [0.2, 0.25) is 0 Å². The van der Waals surface area contributed by atoms with E-state index in [0.29, 0.717) is 5.69 Å². The summed E-state index contributed by atoms with van der Waals surface area (Å²) in [7, 11) is 0. The number of carbonyl (C=O) groups excluding carboxylic acids is 1. The minimum Gasteiger partial charge on any atom is -0.293 e. The summed E-state index contributed by atoms with van der Waals surface area (Å²) in [5.74, 6) is 0.00125. The first-order valence-electron chi connectivity index (χ1n) is 4.14. The molecule has 0 saturated heterocycles. The fourth-order valence-corrected chi connectivity index (χ4v) is 1.28. The van der Waals surface area contributed by atoms with Crippen LogP contribution >= 0.6 is 0 Å². The molecule has 0 spiro atoms. The number of pyridine rings is 1. The molecule has 0 aliphatic heterocycles. The SMILES string of the molecule is CC(=O)c1cc2cc(C)ccn2n1. The van der Waals surface area contributed by atoms with E-state index in [1.807, 2.05) is 25.3 Å². The molecule has 0 N–H and O–H groups in total. The van der Waals surface area contributed by atoms with Gasteiger partial charge in [0.25, 0.3) is 0 Å². The third-order valence-corrected chi connectivity index (χ3v) is 1.98. The molecule has 0 amide bonds. The molecule has 2 rings (SSSR count). The maximum atomic E-state index is 11.0. The van der Waals surface area contributed by atoms with Gasteiger partial charge in [0, 0.05) is 13.1 Å². The highest BCUT2D eigenvalue weighted by molar-refractivity contribution is 5.93. The van der Waals surface area contributed by atoms with Gasteiger partial charge in [-0.05, 0) is 30.7 Å². The Labute approximate surface area is 76.0 Å². The number of nitrogens with zero attached hydrogens (tertiary/aromatic N) is 2. The Kier molecular flexibility index (Phi) is 1.65. The standard InChI is InChI=1S/C10H10N2O/c1-7-3-4-12-9(5-7)6-10(11-12)8(2)13/h3-6H,1-2H3. The molecule has 0 aliphatic rings. The van der Waals surface area contributed by atoms with Crippen LogP contribution in [0, 0.1) is 6.92 Å². The summed E-state index contributed by atoms with van der Waals surface area (Å²) in [6.07, 6.45) is 1.86. The number of aromatic nitrogens is 2. The largest absolute Gasteiger partial charge is 0.293 e. The van der Waals surface area contributed by atoms with E-state index in [0.717, 1.165) is 5.52 Å². The van der Waals surface area contributed by atoms with E-state index in [4.69, 9.17) is 0 Å². The van der Waals surface area contributed by atoms with Gasteiger partial charge in [0.15, 0.2) is 5.78 Å². The van der Waals surface area contributed by atoms with Crippen molar-refractivity contribution in [3.05, 3.63) is 35.7 Å². The number of Topliss-reactive ketones (excluding diaryl/α,β-unsaturated/α-hetero) is 1. The zero-order valence-electron chi connectivity index (χ0n) is 7.61. The molecule has 66 valence electrons. The average molecular weight is 174 g/mol. The van der Waals surface area contributed by atoms with Gasteiger partial charge in [-0.1, -0.05) is 0 Å². The second-order valence-electron chi connectivity index (χ2n) is 3.16. The number of hydrogen-bond donors (Lipinski definition) is 0. The molecule has 3 nitrogen and oxygen atoms in total. The van der Waals surface area contributed by atoms with E-state index in [9.17, 15) is 4.79 Å². The number of rotatable bonds is 1. The van der Waals surface area contributed by atoms with E-state index in [1.165, 1.54) is 12.5 Å². The summed E-state index contributed by atoms with van der Waals surface area (Å²) in [6.45, 7) is 3.54. The van der Waals surface area contributed by atoms with Crippen molar-refractivity contribution < 1.29 is 4.79 Å². The number of hydrogen-bond acceptors (Lipinski definition) is 2. The third-order valence-electron chi connectivity index (χ3n) is 1.98. The molecular formula is C10H10N2O. The van der Waals surface area contributed by atoms with E-state index < -0.39 is 0 Å². The molecule has 2 aromatic heterocycles. The van der Waals surface area contributed by atoms with Crippen molar-refractivity contribution in [3.63, 3.8) is 0 Å². The van der Waals surface area contributed by atoms with Gasteiger partial charge in [-0.2, -0.15) is 5.10 Å². The van der Waals surface area contributed by atoms with Gasteiger partial charge >= 0.3 is 0 Å². The summed E-state index contributed by atoms with van der Waals surface area (Å²) in [4.78, 5) is 11.0. The number of fused-ring (bicyclic) bond motifs is 1. The summed E-state index contributed by atoms with van der Waals surface area (Å²) < 4.78 is 1.71. The highest BCUT2D eigenvalue weighted by Crippen LogP contribution is 2.08. The quantitative estimate of drug-likeness (QED) is 0.618. The molecule has 2 heterocycles. The fourth-order valence-electron chi connectivity index (χ4n) is 1.28. The molecule has 0 radical (unpaired) electrons. The van der Waals surface area contributed by atoms with Crippen molar-refractivity contribution in [2.75, 3.05) is 0 Å². The monoisotopic (exact) mass is 174 g/mol. The predicted molar refractivity (Wildman–Crippen MR) is 49.9 cm³/mol. The fraction of sp³-hybridized carbons (Fsp3) is 0.200. The van der Waals surface area contributed by atoms with Crippen molar-refractivity contribution in [1.29, 1.82) is 0 Å². The Morgan fingerprint density at radius 3 is 2.92 bits per heavy atom. The molecule has 0 bridgehead atoms. The lowest BCUT2D eigenvalue weighted by Crippen LogP contribution is -1.93. The molecular weight excluding hydrogens is 164 g/mol. The lowest BCUT2D eigenvalue weighted by Gasteiger charge is -1.92. The van der Waals surface area contributed by atoms with Crippen LogP contribution < -0.4 is 0 Å². The number of aryl methyl sites for hydroxylation is 1. The van der Waals surface area contributed by atoms with Crippen molar-refractivity contribution >= 4 is 11.3 Å². The summed E-state index contributed by atoms with van der Waals surface area (Å²) in [5, 5.41) is 4.12. The zero-order valence-corrected chi connectivity index (χ0v) is 7.61. The zero-order chi connectivity index (χ0) is 9.42. The highest BCUT2D eigenvalue weighted by atomic mass is 16.1. The second kappa shape index (κ2) is 2.69. The predicted octanol–water partition coefficient (Wildman–Crippen LogP) is 1.85. The lowest BCUT2D eigenvalue weighted by molar-refractivity contribution is 0.101. The van der Waals surface area contributed by atoms with Gasteiger partial charge in [0.2, 0.25) is 0 Å². The summed E-state index contributed by atoms with van der Waals surface area (Å²) in [6, 6.07) is 5.76. The lowest BCUT2D eigenvalue weighted by atomic mass is 10.2. The highest BCUT2D eigenvalue weighted by Gasteiger charge is 2.04. The first-order chi connectivity index (χ1) is 6.16. The van der Waals surface area contributed by atoms with Crippen LogP contribution in [0.25, 0.3) is 5.52 Å². The van der Waals surface area contributed by atoms with E-state index in [1.54, 1.807) is 10.6 Å². The maximum Gasteiger partial charge on any atom is 0.180 e. The number of ketones is 1. The molecule has 13 heavy (non-hydrogen) atoms. The van der Waals surface area contributed by atoms with Crippen molar-refractivity contribution in [3.8, 4) is 0 Å². The van der Waals surface area contributed by atoms with Crippen LogP contribution in [0.4, 0.5) is 0 Å². The minimum atomic E-state index is 0.00125. The van der Waals surface area contributed by atoms with E-state index in [-0.39, 0.29) is 5.78 Å². The maximum absolute atomic E-state index is 11.0. The van der Waals surface area contributed by atoms with Crippen LogP contribution in [-0.4, -0.2) is 15.4 Å². The summed E-state index contributed by atoms with van der Waals surface area (Å²) >= 11 is 0. The molecule has 2 aromatic rings. The van der Waals surface area contributed by atoms with Crippen molar-refractivity contribution in [2.45, 2.75) is 13.8 Å². The number of carbonyl (C=O) groups is 1. The minimum absolute atomic E-state index is 0.00125. The molecule has 0 aromatic carbocycles. The van der Waals surface area contributed by atoms with Crippen LogP contribution in [0.5, 0.6) is 0 Å². The van der Waals surface area contributed by atoms with Gasteiger partial charge in [0.1, 0.15) is 5.69 Å². The smallest absolute Gasteiger partial charge is 0.180 e. The molecule has 0 atom stereocenters. The van der Waals surface area contributed by atoms with Crippen molar-refractivity contribution in [2.24, 2.45) is 0 Å². The second-order valence-corrected chi connectivity index (χ2v) is 3.16. The summed E-state index contributed by atoms with van der Waals surface area (Å²) in [5.41, 5.74) is 2.65. The van der Waals surface area contributed by atoms with E-state index in [2.05, 4.69) is 5.10 Å². The average Bonchev–Trinajstić information content (AvgIpc) is 2.46. The van der Waals surface area contributed by atoms with Crippen LogP contribution in [-0.2, 0) is 0 Å². The van der Waals surface area contributed by atoms with Gasteiger partial charge in [-0.3, -0.25) is 4.79 Å². The molecule has 3 heteroatoms. The van der Waals surface area contributed by atoms with Crippen LogP contribution in [0.15, 0.2) is 24.4 Å². The third kappa shape index (κ3) is 1.33. The Morgan fingerprint density at radius 2 is 2.23 bits per heavy atom. The molecule has 0 fully saturated rings. The van der Waals surface area contributed by atoms with Gasteiger partial charge in [0.05, 0.1) is 5.52 Å². The Balaban J connectivity index is 2.68. The normalized spacial score (nSPS) is 10.6. The molecule has 0 unspecified atom stereocenters. The van der Waals surface area contributed by atoms with Gasteiger partial charge in [-0.25, -0.2) is 4.52 Å². The molecule has 0 aliphatic carbocycles. The van der Waals surface area contributed by atoms with Crippen molar-refractivity contribution in [1.82, 2.24) is 9.61 Å². The first kappa shape index (κ1) is 7.98. The topological polar surface area (TPSA) is 34.4 Å². The van der Waals surface area contributed by atoms with Crippen LogP contribution in [0.1, 0.15) is 23.0 Å². The Bertz CT molecular complexity index is 471. The van der Waals surface area contributed by atoms with E-state index >= 15 is 0 Å².